The summed E-state index contributed by atoms with van der Waals surface area (Å²) in [5.41, 5.74) is 0. The van der Waals surface area contributed by atoms with Gasteiger partial charge in [-0.3, -0.25) is 9.79 Å². The Hall–Kier alpha value is -1.10. The van der Waals surface area contributed by atoms with Gasteiger partial charge in [0.1, 0.15) is 6.04 Å². The van der Waals surface area contributed by atoms with Crippen LogP contribution >= 0.6 is 0 Å². The largest absolute Gasteiger partial charge is 0.378 e. The fourth-order valence-corrected chi connectivity index (χ4v) is 2.18. The summed E-state index contributed by atoms with van der Waals surface area (Å²) in [5, 5.41) is 3.23. The average Bonchev–Trinajstić information content (AvgIpc) is 2.40. The molecule has 0 aliphatic carbocycles. The Bertz CT molecular complexity index is 298. The molecular formula is C12H21N3O2. The number of rotatable bonds is 2. The summed E-state index contributed by atoms with van der Waals surface area (Å²) in [6.45, 7) is 5.52. The number of amides is 1. The van der Waals surface area contributed by atoms with Crippen molar-refractivity contribution < 1.29 is 9.53 Å². The molecular weight excluding hydrogens is 218 g/mol. The van der Waals surface area contributed by atoms with Gasteiger partial charge in [-0.15, -0.1) is 0 Å². The van der Waals surface area contributed by atoms with Gasteiger partial charge in [0.2, 0.25) is 5.91 Å². The van der Waals surface area contributed by atoms with E-state index < -0.39 is 0 Å². The molecule has 0 bridgehead atoms. The number of nitrogens with one attached hydrogen (secondary N) is 1. The van der Waals surface area contributed by atoms with Crippen LogP contribution < -0.4 is 5.32 Å². The maximum absolute atomic E-state index is 12.1. The zero-order valence-electron chi connectivity index (χ0n) is 10.4. The third-order valence-corrected chi connectivity index (χ3v) is 3.20. The Morgan fingerprint density at radius 3 is 2.82 bits per heavy atom. The number of nitrogens with zero attached hydrogens (tertiary/aromatic N) is 2. The number of ether oxygens (including phenoxy) is 1. The highest BCUT2D eigenvalue weighted by Gasteiger charge is 2.23. The SMILES string of the molecule is CC(NC1=NCCCC1)C(=O)N1CCOCC1. The monoisotopic (exact) mass is 239 g/mol. The Kier molecular flexibility index (Phi) is 4.36. The molecule has 2 heterocycles. The molecule has 0 aromatic heterocycles. The van der Waals surface area contributed by atoms with Crippen LogP contribution in [0.1, 0.15) is 26.2 Å². The lowest BCUT2D eigenvalue weighted by atomic mass is 10.1. The molecule has 2 aliphatic heterocycles. The highest BCUT2D eigenvalue weighted by Crippen LogP contribution is 2.06. The van der Waals surface area contributed by atoms with Gasteiger partial charge in [0.05, 0.1) is 19.0 Å². The van der Waals surface area contributed by atoms with E-state index in [1.54, 1.807) is 0 Å². The molecule has 0 radical (unpaired) electrons. The van der Waals surface area contributed by atoms with Crippen LogP contribution in [0.4, 0.5) is 0 Å². The zero-order chi connectivity index (χ0) is 12.1. The topological polar surface area (TPSA) is 53.9 Å². The third kappa shape index (κ3) is 3.43. The lowest BCUT2D eigenvalue weighted by molar-refractivity contribution is -0.136. The van der Waals surface area contributed by atoms with E-state index in [-0.39, 0.29) is 11.9 Å². The van der Waals surface area contributed by atoms with Crippen LogP contribution in [0.5, 0.6) is 0 Å². The van der Waals surface area contributed by atoms with E-state index in [4.69, 9.17) is 4.74 Å². The molecule has 1 N–H and O–H groups in total. The Morgan fingerprint density at radius 2 is 2.18 bits per heavy atom. The fraction of sp³-hybridized carbons (Fsp3) is 0.833. The Labute approximate surface area is 102 Å². The second-order valence-electron chi connectivity index (χ2n) is 4.59. The number of amidine groups is 1. The molecule has 1 fully saturated rings. The highest BCUT2D eigenvalue weighted by molar-refractivity contribution is 5.90. The summed E-state index contributed by atoms with van der Waals surface area (Å²) in [4.78, 5) is 18.4. The first-order chi connectivity index (χ1) is 8.27. The van der Waals surface area contributed by atoms with Crippen LogP contribution in [0.15, 0.2) is 4.99 Å². The Morgan fingerprint density at radius 1 is 1.41 bits per heavy atom. The lowest BCUT2D eigenvalue weighted by Gasteiger charge is -2.30. The summed E-state index contributed by atoms with van der Waals surface area (Å²) in [7, 11) is 0. The average molecular weight is 239 g/mol. The predicted octanol–water partition coefficient (Wildman–Crippen LogP) is 0.406. The van der Waals surface area contributed by atoms with E-state index in [0.717, 1.165) is 25.2 Å². The van der Waals surface area contributed by atoms with E-state index in [0.29, 0.717) is 26.3 Å². The maximum Gasteiger partial charge on any atom is 0.244 e. The standard InChI is InChI=1S/C12H21N3O2/c1-10(14-11-4-2-3-5-13-11)12(16)15-6-8-17-9-7-15/h10H,2-9H2,1H3,(H,13,14). The lowest BCUT2D eigenvalue weighted by Crippen LogP contribution is -2.50. The predicted molar refractivity (Wildman–Crippen MR) is 66.1 cm³/mol. The number of aliphatic imine (C=N–C) groups is 1. The van der Waals surface area contributed by atoms with Gasteiger partial charge in [-0.1, -0.05) is 0 Å². The van der Waals surface area contributed by atoms with Crippen molar-refractivity contribution >= 4 is 11.7 Å². The first kappa shape index (κ1) is 12.4. The van der Waals surface area contributed by atoms with Gasteiger partial charge in [0, 0.05) is 26.1 Å². The molecule has 0 aromatic carbocycles. The van der Waals surface area contributed by atoms with Gasteiger partial charge < -0.3 is 15.0 Å². The molecule has 1 unspecified atom stereocenters. The number of carbonyl (C=O) groups excluding carboxylic acids is 1. The van der Waals surface area contributed by atoms with Crippen molar-refractivity contribution in [1.29, 1.82) is 0 Å². The fourth-order valence-electron chi connectivity index (χ4n) is 2.18. The molecule has 0 aromatic rings. The molecule has 0 spiro atoms. The molecule has 1 atom stereocenters. The number of carbonyl (C=O) groups is 1. The molecule has 96 valence electrons. The van der Waals surface area contributed by atoms with Crippen molar-refractivity contribution in [1.82, 2.24) is 10.2 Å². The van der Waals surface area contributed by atoms with E-state index >= 15 is 0 Å². The van der Waals surface area contributed by atoms with Crippen LogP contribution in [-0.4, -0.2) is 55.5 Å². The van der Waals surface area contributed by atoms with Crippen LogP contribution in [0.25, 0.3) is 0 Å². The van der Waals surface area contributed by atoms with E-state index in [2.05, 4.69) is 10.3 Å². The molecule has 2 aliphatic rings. The van der Waals surface area contributed by atoms with E-state index in [9.17, 15) is 4.79 Å². The summed E-state index contributed by atoms with van der Waals surface area (Å²) in [6, 6.07) is -0.176. The van der Waals surface area contributed by atoms with Crippen molar-refractivity contribution in [2.75, 3.05) is 32.8 Å². The molecule has 0 saturated carbocycles. The molecule has 17 heavy (non-hydrogen) atoms. The normalized spacial score (nSPS) is 22.9. The van der Waals surface area contributed by atoms with Gasteiger partial charge in [0.15, 0.2) is 0 Å². The quantitative estimate of drug-likeness (QED) is 0.759. The van der Waals surface area contributed by atoms with Gasteiger partial charge in [0.25, 0.3) is 0 Å². The van der Waals surface area contributed by atoms with Crippen molar-refractivity contribution in [3.05, 3.63) is 0 Å². The third-order valence-electron chi connectivity index (χ3n) is 3.20. The molecule has 2 rings (SSSR count). The summed E-state index contributed by atoms with van der Waals surface area (Å²) in [6.07, 6.45) is 3.31. The van der Waals surface area contributed by atoms with Gasteiger partial charge >= 0.3 is 0 Å². The minimum absolute atomic E-state index is 0.154. The van der Waals surface area contributed by atoms with Crippen LogP contribution in [0.3, 0.4) is 0 Å². The van der Waals surface area contributed by atoms with Crippen molar-refractivity contribution in [3.63, 3.8) is 0 Å². The summed E-state index contributed by atoms with van der Waals surface area (Å²) in [5.74, 6) is 1.15. The Balaban J connectivity index is 1.83. The van der Waals surface area contributed by atoms with Gasteiger partial charge in [-0.25, -0.2) is 0 Å². The smallest absolute Gasteiger partial charge is 0.244 e. The maximum atomic E-state index is 12.1. The van der Waals surface area contributed by atoms with E-state index in [1.807, 2.05) is 11.8 Å². The summed E-state index contributed by atoms with van der Waals surface area (Å²) < 4.78 is 5.24. The highest BCUT2D eigenvalue weighted by atomic mass is 16.5. The minimum atomic E-state index is -0.176. The van der Waals surface area contributed by atoms with Crippen LogP contribution in [0, 0.1) is 0 Å². The summed E-state index contributed by atoms with van der Waals surface area (Å²) >= 11 is 0. The minimum Gasteiger partial charge on any atom is -0.378 e. The van der Waals surface area contributed by atoms with Crippen molar-refractivity contribution in [3.8, 4) is 0 Å². The first-order valence-corrected chi connectivity index (χ1v) is 6.44. The molecule has 5 nitrogen and oxygen atoms in total. The van der Waals surface area contributed by atoms with Crippen molar-refractivity contribution in [2.24, 2.45) is 4.99 Å². The van der Waals surface area contributed by atoms with E-state index in [1.165, 1.54) is 6.42 Å². The zero-order valence-corrected chi connectivity index (χ0v) is 10.4. The number of hydrogen-bond donors (Lipinski definition) is 1. The number of morpholine rings is 1. The first-order valence-electron chi connectivity index (χ1n) is 6.44. The van der Waals surface area contributed by atoms with Gasteiger partial charge in [-0.05, 0) is 19.8 Å². The van der Waals surface area contributed by atoms with Crippen LogP contribution in [0.2, 0.25) is 0 Å². The van der Waals surface area contributed by atoms with Crippen molar-refractivity contribution in [2.45, 2.75) is 32.2 Å². The number of hydrogen-bond acceptors (Lipinski definition) is 4. The molecule has 5 heteroatoms. The second-order valence-corrected chi connectivity index (χ2v) is 4.59. The molecule has 1 amide bonds. The molecule has 1 saturated heterocycles. The van der Waals surface area contributed by atoms with Crippen LogP contribution in [-0.2, 0) is 9.53 Å². The van der Waals surface area contributed by atoms with Gasteiger partial charge in [-0.2, -0.15) is 0 Å². The second kappa shape index (κ2) is 6.00.